The van der Waals surface area contributed by atoms with E-state index in [1.165, 1.54) is 0 Å². The summed E-state index contributed by atoms with van der Waals surface area (Å²) >= 11 is 0. The lowest BCUT2D eigenvalue weighted by Gasteiger charge is -2.03. The molecule has 8 heteroatoms. The Kier molecular flexibility index (Phi) is 4.75. The van der Waals surface area contributed by atoms with Gasteiger partial charge in [0, 0.05) is 18.2 Å². The van der Waals surface area contributed by atoms with Crippen molar-refractivity contribution >= 4 is 18.4 Å². The van der Waals surface area contributed by atoms with Gasteiger partial charge in [-0.15, -0.1) is 12.4 Å². The average Bonchev–Trinajstić information content (AvgIpc) is 2.09. The molecule has 1 aromatic rings. The van der Waals surface area contributed by atoms with Gasteiger partial charge < -0.3 is 15.8 Å². The Morgan fingerprint density at radius 2 is 2.13 bits per heavy atom. The highest BCUT2D eigenvalue weighted by atomic mass is 35.5. The Balaban J connectivity index is 0.00000196. The van der Waals surface area contributed by atoms with E-state index in [9.17, 15) is 14.4 Å². The van der Waals surface area contributed by atoms with Crippen LogP contribution in [0.15, 0.2) is 15.8 Å². The number of carbonyl (C=O) groups is 1. The molecule has 0 aliphatic heterocycles. The summed E-state index contributed by atoms with van der Waals surface area (Å²) in [6, 6.07) is -1.15. The van der Waals surface area contributed by atoms with Crippen molar-refractivity contribution in [2.75, 3.05) is 0 Å². The van der Waals surface area contributed by atoms with Gasteiger partial charge in [-0.2, -0.15) is 0 Å². The Bertz CT molecular complexity index is 452. The molecule has 0 aliphatic carbocycles. The summed E-state index contributed by atoms with van der Waals surface area (Å²) in [7, 11) is 0. The minimum atomic E-state index is -1.20. The minimum Gasteiger partial charge on any atom is -0.480 e. The Hall–Kier alpha value is -1.60. The van der Waals surface area contributed by atoms with Crippen LogP contribution >= 0.6 is 12.4 Å². The van der Waals surface area contributed by atoms with Gasteiger partial charge in [-0.05, 0) is 0 Å². The molecule has 0 bridgehead atoms. The predicted octanol–water partition coefficient (Wildman–Crippen LogP) is -1.56. The summed E-state index contributed by atoms with van der Waals surface area (Å²) in [4.78, 5) is 36.2. The van der Waals surface area contributed by atoms with Gasteiger partial charge in [-0.25, -0.2) is 4.79 Å². The molecule has 0 aliphatic rings. The molecule has 0 saturated heterocycles. The van der Waals surface area contributed by atoms with Gasteiger partial charge in [-0.1, -0.05) is 0 Å². The summed E-state index contributed by atoms with van der Waals surface area (Å²) in [6.07, 6.45) is 1.03. The predicted molar refractivity (Wildman–Crippen MR) is 54.2 cm³/mol. The van der Waals surface area contributed by atoms with Crippen LogP contribution in [0.25, 0.3) is 0 Å². The highest BCUT2D eigenvalue weighted by molar-refractivity contribution is 5.85. The lowest BCUT2D eigenvalue weighted by Crippen LogP contribution is -2.35. The largest absolute Gasteiger partial charge is 0.480 e. The van der Waals surface area contributed by atoms with Crippen LogP contribution < -0.4 is 17.0 Å². The number of nitrogens with one attached hydrogen (secondary N) is 2. The van der Waals surface area contributed by atoms with E-state index in [1.807, 2.05) is 4.98 Å². The van der Waals surface area contributed by atoms with E-state index in [2.05, 4.69) is 4.98 Å². The summed E-state index contributed by atoms with van der Waals surface area (Å²) in [6.45, 7) is 0. The standard InChI is InChI=1S/C7H9N3O4.ClH/c8-4(6(12)13)1-3-2-9-7(14)10-5(3)11;/h2,4H,1,8H2,(H,12,13)(H2,9,10,11,14);1H. The molecule has 1 unspecified atom stereocenters. The number of hydrogen-bond donors (Lipinski definition) is 4. The first-order valence-corrected chi connectivity index (χ1v) is 3.80. The maximum atomic E-state index is 11.1. The first kappa shape index (κ1) is 13.4. The second-order valence-corrected chi connectivity index (χ2v) is 2.75. The fraction of sp³-hybridized carbons (Fsp3) is 0.286. The van der Waals surface area contributed by atoms with Crippen molar-refractivity contribution in [3.05, 3.63) is 32.6 Å². The van der Waals surface area contributed by atoms with Crippen LogP contribution in [0, 0.1) is 0 Å². The molecule has 0 radical (unpaired) electrons. The van der Waals surface area contributed by atoms with E-state index >= 15 is 0 Å². The summed E-state index contributed by atoms with van der Waals surface area (Å²) in [5.41, 5.74) is 4.09. The number of carboxylic acids is 1. The van der Waals surface area contributed by atoms with Crippen molar-refractivity contribution in [3.63, 3.8) is 0 Å². The van der Waals surface area contributed by atoms with Crippen molar-refractivity contribution in [1.82, 2.24) is 9.97 Å². The third kappa shape index (κ3) is 3.56. The SMILES string of the molecule is Cl.NC(Cc1c[nH]c(=O)[nH]c1=O)C(=O)O. The number of aromatic nitrogens is 2. The first-order valence-electron chi connectivity index (χ1n) is 3.80. The molecular formula is C7H10ClN3O4. The number of H-pyrrole nitrogens is 2. The first-order chi connectivity index (χ1) is 6.50. The maximum absolute atomic E-state index is 11.1. The quantitative estimate of drug-likeness (QED) is 0.504. The Labute approximate surface area is 89.7 Å². The zero-order valence-electron chi connectivity index (χ0n) is 7.52. The minimum absolute atomic E-state index is 0. The molecule has 0 aromatic carbocycles. The molecule has 15 heavy (non-hydrogen) atoms. The normalized spacial score (nSPS) is 11.5. The molecule has 0 spiro atoms. The molecule has 1 rings (SSSR count). The molecule has 0 amide bonds. The number of aliphatic carboxylic acids is 1. The van der Waals surface area contributed by atoms with Crippen molar-refractivity contribution in [3.8, 4) is 0 Å². The van der Waals surface area contributed by atoms with Gasteiger partial charge >= 0.3 is 11.7 Å². The zero-order chi connectivity index (χ0) is 10.7. The van der Waals surface area contributed by atoms with Crippen LogP contribution in [0.2, 0.25) is 0 Å². The van der Waals surface area contributed by atoms with E-state index in [1.54, 1.807) is 0 Å². The van der Waals surface area contributed by atoms with Gasteiger partial charge in [0.2, 0.25) is 0 Å². The van der Waals surface area contributed by atoms with Crippen molar-refractivity contribution in [2.45, 2.75) is 12.5 Å². The van der Waals surface area contributed by atoms with Crippen LogP contribution in [-0.2, 0) is 11.2 Å². The topological polar surface area (TPSA) is 129 Å². The van der Waals surface area contributed by atoms with Gasteiger partial charge in [0.05, 0.1) is 0 Å². The lowest BCUT2D eigenvalue weighted by atomic mass is 10.1. The lowest BCUT2D eigenvalue weighted by molar-refractivity contribution is -0.138. The highest BCUT2D eigenvalue weighted by Gasteiger charge is 2.14. The van der Waals surface area contributed by atoms with Gasteiger partial charge in [-0.3, -0.25) is 14.6 Å². The van der Waals surface area contributed by atoms with Crippen LogP contribution in [0.3, 0.4) is 0 Å². The van der Waals surface area contributed by atoms with Crippen LogP contribution in [-0.4, -0.2) is 27.1 Å². The number of aromatic amines is 2. The van der Waals surface area contributed by atoms with Crippen molar-refractivity contribution < 1.29 is 9.90 Å². The molecule has 84 valence electrons. The van der Waals surface area contributed by atoms with E-state index in [0.717, 1.165) is 6.20 Å². The molecule has 1 heterocycles. The van der Waals surface area contributed by atoms with E-state index in [0.29, 0.717) is 0 Å². The molecule has 5 N–H and O–H groups in total. The van der Waals surface area contributed by atoms with Crippen LogP contribution in [0.4, 0.5) is 0 Å². The molecule has 0 fully saturated rings. The van der Waals surface area contributed by atoms with Gasteiger partial charge in [0.25, 0.3) is 5.56 Å². The Morgan fingerprint density at radius 1 is 1.53 bits per heavy atom. The molecule has 0 saturated carbocycles. The van der Waals surface area contributed by atoms with Crippen LogP contribution in [0.1, 0.15) is 5.56 Å². The zero-order valence-corrected chi connectivity index (χ0v) is 8.34. The van der Waals surface area contributed by atoms with Gasteiger partial charge in [0.15, 0.2) is 0 Å². The number of halogens is 1. The molecule has 1 aromatic heterocycles. The second kappa shape index (κ2) is 5.32. The number of carboxylic acid groups (broad SMARTS) is 1. The van der Waals surface area contributed by atoms with E-state index < -0.39 is 23.3 Å². The van der Waals surface area contributed by atoms with Gasteiger partial charge in [0.1, 0.15) is 6.04 Å². The smallest absolute Gasteiger partial charge is 0.325 e. The third-order valence-corrected chi connectivity index (χ3v) is 1.65. The Morgan fingerprint density at radius 3 is 2.60 bits per heavy atom. The third-order valence-electron chi connectivity index (χ3n) is 1.65. The summed E-state index contributed by atoms with van der Waals surface area (Å²) in [5.74, 6) is -1.20. The number of nitrogens with two attached hydrogens (primary N) is 1. The highest BCUT2D eigenvalue weighted by Crippen LogP contribution is 1.91. The number of rotatable bonds is 3. The summed E-state index contributed by atoms with van der Waals surface area (Å²) < 4.78 is 0. The maximum Gasteiger partial charge on any atom is 0.325 e. The average molecular weight is 236 g/mol. The monoisotopic (exact) mass is 235 g/mol. The van der Waals surface area contributed by atoms with E-state index in [4.69, 9.17) is 10.8 Å². The molecule has 7 nitrogen and oxygen atoms in total. The number of hydrogen-bond acceptors (Lipinski definition) is 4. The summed E-state index contributed by atoms with van der Waals surface area (Å²) in [5, 5.41) is 8.48. The fourth-order valence-electron chi connectivity index (χ4n) is 0.914. The van der Waals surface area contributed by atoms with Crippen molar-refractivity contribution in [2.24, 2.45) is 5.73 Å². The van der Waals surface area contributed by atoms with Crippen LogP contribution in [0.5, 0.6) is 0 Å². The fourth-order valence-corrected chi connectivity index (χ4v) is 0.914. The van der Waals surface area contributed by atoms with E-state index in [-0.39, 0.29) is 24.4 Å². The molecular weight excluding hydrogens is 226 g/mol. The van der Waals surface area contributed by atoms with Crippen molar-refractivity contribution in [1.29, 1.82) is 0 Å². The molecule has 1 atom stereocenters. The second-order valence-electron chi connectivity index (χ2n) is 2.75.